The van der Waals surface area contributed by atoms with Crippen molar-refractivity contribution in [3.8, 4) is 11.5 Å². The summed E-state index contributed by atoms with van der Waals surface area (Å²) in [6.07, 6.45) is 3.13. The van der Waals surface area contributed by atoms with Crippen LogP contribution in [-0.4, -0.2) is 53.1 Å². The summed E-state index contributed by atoms with van der Waals surface area (Å²) in [5.41, 5.74) is 1.24. The Morgan fingerprint density at radius 1 is 1.38 bits per heavy atom. The van der Waals surface area contributed by atoms with Crippen LogP contribution >= 0.6 is 0 Å². The van der Waals surface area contributed by atoms with Crippen LogP contribution in [0.15, 0.2) is 36.7 Å². The zero-order valence-electron chi connectivity index (χ0n) is 14.6. The molecule has 2 aromatic heterocycles. The van der Waals surface area contributed by atoms with Crippen molar-refractivity contribution in [1.82, 2.24) is 20.1 Å². The normalized spacial score (nSPS) is 19.6. The molecule has 3 heterocycles. The highest BCUT2D eigenvalue weighted by molar-refractivity contribution is 6.03. The number of amides is 1. The number of aromatic nitrogens is 3. The molecule has 136 valence electrons. The number of hydrogen-bond acceptors (Lipinski definition) is 5. The second-order valence-electron chi connectivity index (χ2n) is 6.20. The predicted molar refractivity (Wildman–Crippen MR) is 94.5 cm³/mol. The van der Waals surface area contributed by atoms with Gasteiger partial charge in [-0.3, -0.25) is 9.48 Å². The number of aryl methyl sites for hydroxylation is 1. The molecule has 8 heteroatoms. The van der Waals surface area contributed by atoms with Gasteiger partial charge in [-0.15, -0.1) is 0 Å². The summed E-state index contributed by atoms with van der Waals surface area (Å²) < 4.78 is 18.5. The Morgan fingerprint density at radius 2 is 2.23 bits per heavy atom. The third-order valence-electron chi connectivity index (χ3n) is 4.40. The molecule has 1 aliphatic rings. The topological polar surface area (TPSA) is 90.4 Å². The zero-order chi connectivity index (χ0) is 18.1. The number of nitrogens with zero attached hydrogens (tertiary/aromatic N) is 2. The van der Waals surface area contributed by atoms with Gasteiger partial charge >= 0.3 is 0 Å². The van der Waals surface area contributed by atoms with Crippen LogP contribution in [0.1, 0.15) is 10.5 Å². The number of carbonyl (C=O) groups excluding carboxylic acids is 1. The number of H-pyrrole nitrogens is 1. The van der Waals surface area contributed by atoms with E-state index in [1.54, 1.807) is 24.2 Å². The first-order chi connectivity index (χ1) is 12.7. The Morgan fingerprint density at radius 3 is 3.00 bits per heavy atom. The van der Waals surface area contributed by atoms with Crippen LogP contribution in [0.3, 0.4) is 0 Å². The van der Waals surface area contributed by atoms with Gasteiger partial charge in [-0.25, -0.2) is 0 Å². The van der Waals surface area contributed by atoms with E-state index < -0.39 is 0 Å². The highest BCUT2D eigenvalue weighted by atomic mass is 16.5. The maximum atomic E-state index is 12.8. The fourth-order valence-electron chi connectivity index (χ4n) is 3.15. The van der Waals surface area contributed by atoms with Crippen molar-refractivity contribution in [2.75, 3.05) is 20.3 Å². The van der Waals surface area contributed by atoms with Crippen molar-refractivity contribution in [3.63, 3.8) is 0 Å². The molecule has 0 spiro atoms. The molecule has 1 fully saturated rings. The van der Waals surface area contributed by atoms with Gasteiger partial charge in [0.2, 0.25) is 0 Å². The van der Waals surface area contributed by atoms with Crippen LogP contribution in [-0.2, 0) is 11.8 Å². The van der Waals surface area contributed by atoms with Crippen LogP contribution < -0.4 is 14.8 Å². The fraction of sp³-hybridized carbons (Fsp3) is 0.333. The summed E-state index contributed by atoms with van der Waals surface area (Å²) in [6.45, 7) is 0.795. The van der Waals surface area contributed by atoms with Gasteiger partial charge in [-0.2, -0.15) is 5.10 Å². The molecule has 3 aromatic rings. The molecular formula is C18H20N4O4. The minimum Gasteiger partial charge on any atom is -0.494 e. The van der Waals surface area contributed by atoms with E-state index in [-0.39, 0.29) is 18.1 Å². The van der Waals surface area contributed by atoms with Crippen molar-refractivity contribution in [1.29, 1.82) is 0 Å². The lowest BCUT2D eigenvalue weighted by Crippen LogP contribution is -2.45. The lowest BCUT2D eigenvalue weighted by atomic mass is 10.2. The van der Waals surface area contributed by atoms with Gasteiger partial charge in [-0.1, -0.05) is 12.1 Å². The quantitative estimate of drug-likeness (QED) is 0.723. The van der Waals surface area contributed by atoms with Crippen LogP contribution in [0.5, 0.6) is 11.5 Å². The summed E-state index contributed by atoms with van der Waals surface area (Å²) in [6, 6.07) is 7.36. The summed E-state index contributed by atoms with van der Waals surface area (Å²) in [5.74, 6) is 0.917. The van der Waals surface area contributed by atoms with Crippen molar-refractivity contribution in [3.05, 3.63) is 42.4 Å². The van der Waals surface area contributed by atoms with Gasteiger partial charge < -0.3 is 24.5 Å². The number of ether oxygens (including phenoxy) is 3. The number of benzene rings is 1. The molecule has 8 nitrogen and oxygen atoms in total. The monoisotopic (exact) mass is 356 g/mol. The Balaban J connectivity index is 1.52. The molecule has 2 atom stereocenters. The number of carbonyl (C=O) groups is 1. The van der Waals surface area contributed by atoms with Crippen molar-refractivity contribution >= 4 is 16.8 Å². The molecule has 0 bridgehead atoms. The third-order valence-corrected chi connectivity index (χ3v) is 4.40. The number of aromatic amines is 1. The summed E-state index contributed by atoms with van der Waals surface area (Å²) in [7, 11) is 3.37. The molecule has 0 aliphatic carbocycles. The molecule has 26 heavy (non-hydrogen) atoms. The standard InChI is InChI=1S/C18H20N4O4/c1-22-8-11(7-19-22)26-15-10-25-9-14(15)21-18(23)16-17(24-2)12-5-3-4-6-13(12)20-16/h3-8,14-15,20H,9-10H2,1-2H3,(H,21,23)/t14-,15+/m0/s1. The Kier molecular flexibility index (Phi) is 4.26. The molecule has 0 unspecified atom stereocenters. The van der Waals surface area contributed by atoms with E-state index in [0.29, 0.717) is 30.4 Å². The van der Waals surface area contributed by atoms with E-state index in [9.17, 15) is 4.79 Å². The Hall–Kier alpha value is -3.00. The number of nitrogens with one attached hydrogen (secondary N) is 2. The van der Waals surface area contributed by atoms with Gasteiger partial charge in [-0.05, 0) is 12.1 Å². The van der Waals surface area contributed by atoms with Crippen LogP contribution in [0.25, 0.3) is 10.9 Å². The molecule has 2 N–H and O–H groups in total. The van der Waals surface area contributed by atoms with Crippen molar-refractivity contribution < 1.29 is 19.0 Å². The SMILES string of the molecule is COc1c(C(=O)N[C@H]2COC[C@H]2Oc2cnn(C)c2)[nH]c2ccccc12. The third kappa shape index (κ3) is 2.99. The van der Waals surface area contributed by atoms with E-state index in [0.717, 1.165) is 10.9 Å². The largest absolute Gasteiger partial charge is 0.494 e. The first kappa shape index (κ1) is 16.5. The number of para-hydroxylation sites is 1. The van der Waals surface area contributed by atoms with Crippen LogP contribution in [0.2, 0.25) is 0 Å². The molecule has 1 aliphatic heterocycles. The molecular weight excluding hydrogens is 336 g/mol. The average molecular weight is 356 g/mol. The minimum atomic E-state index is -0.279. The van der Waals surface area contributed by atoms with E-state index in [1.165, 1.54) is 0 Å². The highest BCUT2D eigenvalue weighted by Gasteiger charge is 2.33. The van der Waals surface area contributed by atoms with E-state index in [4.69, 9.17) is 14.2 Å². The Labute approximate surface area is 150 Å². The number of hydrogen-bond donors (Lipinski definition) is 2. The van der Waals surface area contributed by atoms with Crippen molar-refractivity contribution in [2.24, 2.45) is 7.05 Å². The maximum Gasteiger partial charge on any atom is 0.272 e. The number of rotatable bonds is 5. The Bertz CT molecular complexity index is 932. The van der Waals surface area contributed by atoms with Gasteiger partial charge in [0.1, 0.15) is 11.8 Å². The van der Waals surface area contributed by atoms with Crippen molar-refractivity contribution in [2.45, 2.75) is 12.1 Å². The van der Waals surface area contributed by atoms with Crippen LogP contribution in [0.4, 0.5) is 0 Å². The van der Waals surface area contributed by atoms with Gasteiger partial charge in [0.25, 0.3) is 5.91 Å². The second kappa shape index (κ2) is 6.72. The maximum absolute atomic E-state index is 12.8. The molecule has 0 radical (unpaired) electrons. The number of methoxy groups -OCH3 is 1. The first-order valence-electron chi connectivity index (χ1n) is 8.34. The molecule has 1 aromatic carbocycles. The summed E-state index contributed by atoms with van der Waals surface area (Å²) in [4.78, 5) is 15.9. The molecule has 4 rings (SSSR count). The van der Waals surface area contributed by atoms with E-state index >= 15 is 0 Å². The zero-order valence-corrected chi connectivity index (χ0v) is 14.6. The lowest BCUT2D eigenvalue weighted by molar-refractivity contribution is 0.0897. The number of fused-ring (bicyclic) bond motifs is 1. The van der Waals surface area contributed by atoms with E-state index in [2.05, 4.69) is 15.4 Å². The van der Waals surface area contributed by atoms with Gasteiger partial charge in [0.15, 0.2) is 11.5 Å². The smallest absolute Gasteiger partial charge is 0.272 e. The lowest BCUT2D eigenvalue weighted by Gasteiger charge is -2.19. The van der Waals surface area contributed by atoms with E-state index in [1.807, 2.05) is 31.3 Å². The second-order valence-corrected chi connectivity index (χ2v) is 6.20. The molecule has 1 saturated heterocycles. The highest BCUT2D eigenvalue weighted by Crippen LogP contribution is 2.30. The predicted octanol–water partition coefficient (Wildman–Crippen LogP) is 1.49. The van der Waals surface area contributed by atoms with Gasteiger partial charge in [0, 0.05) is 18.0 Å². The molecule has 1 amide bonds. The van der Waals surface area contributed by atoms with Crippen LogP contribution in [0, 0.1) is 0 Å². The first-order valence-corrected chi connectivity index (χ1v) is 8.34. The summed E-state index contributed by atoms with van der Waals surface area (Å²) in [5, 5.41) is 7.93. The molecule has 0 saturated carbocycles. The summed E-state index contributed by atoms with van der Waals surface area (Å²) >= 11 is 0. The minimum absolute atomic E-state index is 0.256. The fourth-order valence-corrected chi connectivity index (χ4v) is 3.15. The average Bonchev–Trinajstić information content (AvgIpc) is 3.34. The van der Waals surface area contributed by atoms with Gasteiger partial charge in [0.05, 0.1) is 38.8 Å².